The van der Waals surface area contributed by atoms with Crippen LogP contribution in [0.1, 0.15) is 28.4 Å². The third-order valence-corrected chi connectivity index (χ3v) is 7.34. The topological polar surface area (TPSA) is 66.5 Å². The van der Waals surface area contributed by atoms with Gasteiger partial charge in [0.05, 0.1) is 10.6 Å². The molecule has 0 aromatic heterocycles. The Hall–Kier alpha value is -2.83. The molecular formula is C23H21ClN2O3S. The van der Waals surface area contributed by atoms with Crippen molar-refractivity contribution < 1.29 is 13.2 Å². The maximum atomic E-state index is 13.2. The Bertz CT molecular complexity index is 1220. The number of halogens is 1. The maximum Gasteiger partial charge on any atom is 0.264 e. The number of aryl methyl sites for hydroxylation is 1. The number of hydrogen-bond donors (Lipinski definition) is 1. The van der Waals surface area contributed by atoms with E-state index >= 15 is 0 Å². The molecule has 0 fully saturated rings. The summed E-state index contributed by atoms with van der Waals surface area (Å²) in [4.78, 5) is 12.9. The molecule has 0 radical (unpaired) electrons. The van der Waals surface area contributed by atoms with E-state index < -0.39 is 10.0 Å². The van der Waals surface area contributed by atoms with Crippen LogP contribution in [0, 0.1) is 6.92 Å². The maximum absolute atomic E-state index is 13.2. The first kappa shape index (κ1) is 20.4. The molecule has 4 rings (SSSR count). The zero-order valence-corrected chi connectivity index (χ0v) is 18.2. The Morgan fingerprint density at radius 3 is 2.50 bits per heavy atom. The average Bonchev–Trinajstić information content (AvgIpc) is 3.03. The van der Waals surface area contributed by atoms with Crippen molar-refractivity contribution in [1.82, 2.24) is 0 Å². The normalized spacial score (nSPS) is 15.7. The minimum absolute atomic E-state index is 0.188. The van der Waals surface area contributed by atoms with Gasteiger partial charge in [-0.2, -0.15) is 0 Å². The number of nitrogens with one attached hydrogen (secondary N) is 1. The van der Waals surface area contributed by atoms with Crippen LogP contribution >= 0.6 is 11.6 Å². The number of amides is 1. The molecule has 0 saturated heterocycles. The van der Waals surface area contributed by atoms with Crippen molar-refractivity contribution in [3.05, 3.63) is 88.4 Å². The van der Waals surface area contributed by atoms with Crippen molar-refractivity contribution in [1.29, 1.82) is 0 Å². The molecule has 0 spiro atoms. The molecular weight excluding hydrogens is 420 g/mol. The van der Waals surface area contributed by atoms with E-state index in [0.717, 1.165) is 16.8 Å². The molecule has 0 bridgehead atoms. The highest BCUT2D eigenvalue weighted by atomic mass is 35.5. The van der Waals surface area contributed by atoms with Gasteiger partial charge in [-0.15, -0.1) is 0 Å². The summed E-state index contributed by atoms with van der Waals surface area (Å²) in [7, 11) is -3.73. The van der Waals surface area contributed by atoms with Gasteiger partial charge in [-0.25, -0.2) is 8.42 Å². The monoisotopic (exact) mass is 440 g/mol. The van der Waals surface area contributed by atoms with Crippen LogP contribution in [0.2, 0.25) is 5.02 Å². The number of sulfonamides is 1. The standard InChI is InChI=1S/C23H21ClN2O3S/c1-15-4-3-5-20(12-15)25-23(27)17-6-11-22-18(14-17)13-16(2)26(22)30(28,29)21-9-7-19(24)8-10-21/h3-12,14,16H,13H2,1-2H3,(H,25,27)/t16-/m0/s1. The number of rotatable bonds is 4. The van der Waals surface area contributed by atoms with Crippen molar-refractivity contribution in [3.8, 4) is 0 Å². The van der Waals surface area contributed by atoms with Crippen molar-refractivity contribution in [3.63, 3.8) is 0 Å². The van der Waals surface area contributed by atoms with Crippen LogP contribution in [0.5, 0.6) is 0 Å². The average molecular weight is 441 g/mol. The fourth-order valence-electron chi connectivity index (χ4n) is 3.76. The second-order valence-electron chi connectivity index (χ2n) is 7.48. The minimum atomic E-state index is -3.73. The zero-order valence-electron chi connectivity index (χ0n) is 16.6. The molecule has 5 nitrogen and oxygen atoms in total. The number of hydrogen-bond acceptors (Lipinski definition) is 3. The zero-order chi connectivity index (χ0) is 21.5. The van der Waals surface area contributed by atoms with E-state index in [-0.39, 0.29) is 16.8 Å². The van der Waals surface area contributed by atoms with Crippen LogP contribution in [0.4, 0.5) is 11.4 Å². The van der Waals surface area contributed by atoms with Crippen LogP contribution in [0.25, 0.3) is 0 Å². The lowest BCUT2D eigenvalue weighted by Crippen LogP contribution is -2.35. The molecule has 3 aromatic carbocycles. The summed E-state index contributed by atoms with van der Waals surface area (Å²) < 4.78 is 27.9. The van der Waals surface area contributed by atoms with Gasteiger partial charge < -0.3 is 5.32 Å². The number of fused-ring (bicyclic) bond motifs is 1. The predicted octanol–water partition coefficient (Wildman–Crippen LogP) is 5.04. The molecule has 30 heavy (non-hydrogen) atoms. The van der Waals surface area contributed by atoms with E-state index in [4.69, 9.17) is 11.6 Å². The molecule has 1 N–H and O–H groups in total. The highest BCUT2D eigenvalue weighted by Crippen LogP contribution is 2.37. The molecule has 1 aliphatic rings. The van der Waals surface area contributed by atoms with Gasteiger partial charge in [-0.3, -0.25) is 9.10 Å². The Kier molecular flexibility index (Phi) is 5.30. The molecule has 0 unspecified atom stereocenters. The summed E-state index contributed by atoms with van der Waals surface area (Å²) in [5.41, 5.74) is 3.70. The summed E-state index contributed by atoms with van der Waals surface area (Å²) >= 11 is 5.90. The van der Waals surface area contributed by atoms with Gasteiger partial charge in [0.2, 0.25) is 0 Å². The summed E-state index contributed by atoms with van der Waals surface area (Å²) in [6.45, 7) is 3.82. The smallest absolute Gasteiger partial charge is 0.264 e. The van der Waals surface area contributed by atoms with E-state index in [2.05, 4.69) is 5.32 Å². The molecule has 1 atom stereocenters. The molecule has 7 heteroatoms. The van der Waals surface area contributed by atoms with Gasteiger partial charge in [0.25, 0.3) is 15.9 Å². The Labute approximate surface area is 181 Å². The first-order chi connectivity index (χ1) is 14.3. The third-order valence-electron chi connectivity index (χ3n) is 5.14. The fourth-order valence-corrected chi connectivity index (χ4v) is 5.57. The first-order valence-corrected chi connectivity index (χ1v) is 11.4. The highest BCUT2D eigenvalue weighted by Gasteiger charge is 2.36. The van der Waals surface area contributed by atoms with Crippen LogP contribution in [-0.2, 0) is 16.4 Å². The number of carbonyl (C=O) groups is 1. The number of anilines is 2. The van der Waals surface area contributed by atoms with Crippen LogP contribution in [-0.4, -0.2) is 20.4 Å². The van der Waals surface area contributed by atoms with Crippen LogP contribution < -0.4 is 9.62 Å². The third kappa shape index (κ3) is 3.80. The second kappa shape index (κ2) is 7.78. The van der Waals surface area contributed by atoms with E-state index in [1.165, 1.54) is 16.4 Å². The largest absolute Gasteiger partial charge is 0.322 e. The van der Waals surface area contributed by atoms with E-state index in [9.17, 15) is 13.2 Å². The molecule has 0 aliphatic carbocycles. The highest BCUT2D eigenvalue weighted by molar-refractivity contribution is 7.92. The van der Waals surface area contributed by atoms with Gasteiger partial charge >= 0.3 is 0 Å². The summed E-state index contributed by atoms with van der Waals surface area (Å²) in [6.07, 6.45) is 0.535. The molecule has 154 valence electrons. The van der Waals surface area contributed by atoms with Gasteiger partial charge in [0, 0.05) is 22.3 Å². The van der Waals surface area contributed by atoms with Crippen molar-refractivity contribution in [2.75, 3.05) is 9.62 Å². The van der Waals surface area contributed by atoms with Crippen molar-refractivity contribution in [2.24, 2.45) is 0 Å². The molecule has 1 aliphatic heterocycles. The Balaban J connectivity index is 1.63. The second-order valence-corrected chi connectivity index (χ2v) is 9.73. The van der Waals surface area contributed by atoms with Crippen LogP contribution in [0.15, 0.2) is 71.6 Å². The van der Waals surface area contributed by atoms with Gasteiger partial charge in [-0.1, -0.05) is 23.7 Å². The van der Waals surface area contributed by atoms with Crippen molar-refractivity contribution in [2.45, 2.75) is 31.2 Å². The lowest BCUT2D eigenvalue weighted by atomic mass is 10.1. The van der Waals surface area contributed by atoms with E-state index in [0.29, 0.717) is 22.7 Å². The molecule has 1 amide bonds. The quantitative estimate of drug-likeness (QED) is 0.618. The lowest BCUT2D eigenvalue weighted by molar-refractivity contribution is 0.102. The molecule has 0 saturated carbocycles. The summed E-state index contributed by atoms with van der Waals surface area (Å²) in [5, 5.41) is 3.37. The fraction of sp³-hybridized carbons (Fsp3) is 0.174. The summed E-state index contributed by atoms with van der Waals surface area (Å²) in [6, 6.07) is 18.6. The van der Waals surface area contributed by atoms with E-state index in [1.807, 2.05) is 38.1 Å². The van der Waals surface area contributed by atoms with Gasteiger partial charge in [0.1, 0.15) is 0 Å². The predicted molar refractivity (Wildman–Crippen MR) is 120 cm³/mol. The number of nitrogens with zero attached hydrogens (tertiary/aromatic N) is 1. The first-order valence-electron chi connectivity index (χ1n) is 9.56. The minimum Gasteiger partial charge on any atom is -0.322 e. The van der Waals surface area contributed by atoms with E-state index in [1.54, 1.807) is 30.3 Å². The number of carbonyl (C=O) groups excluding carboxylic acids is 1. The number of benzene rings is 3. The Morgan fingerprint density at radius 1 is 1.07 bits per heavy atom. The molecule has 1 heterocycles. The van der Waals surface area contributed by atoms with Crippen molar-refractivity contribution >= 4 is 38.9 Å². The molecule has 3 aromatic rings. The van der Waals surface area contributed by atoms with Crippen LogP contribution in [0.3, 0.4) is 0 Å². The SMILES string of the molecule is Cc1cccc(NC(=O)c2ccc3c(c2)C[C@H](C)N3S(=O)(=O)c2ccc(Cl)cc2)c1. The van der Waals surface area contributed by atoms with Gasteiger partial charge in [-0.05, 0) is 86.0 Å². The van der Waals surface area contributed by atoms with Gasteiger partial charge in [0.15, 0.2) is 0 Å². The Morgan fingerprint density at radius 2 is 1.80 bits per heavy atom. The summed E-state index contributed by atoms with van der Waals surface area (Å²) in [5.74, 6) is -0.227. The lowest BCUT2D eigenvalue weighted by Gasteiger charge is -2.24.